The van der Waals surface area contributed by atoms with E-state index >= 15 is 0 Å². The highest BCUT2D eigenvalue weighted by molar-refractivity contribution is 5.72. The summed E-state index contributed by atoms with van der Waals surface area (Å²) in [7, 11) is 0. The fourth-order valence-corrected chi connectivity index (χ4v) is 3.50. The number of carbonyl (C=O) groups excluding carboxylic acids is 1. The van der Waals surface area contributed by atoms with E-state index in [2.05, 4.69) is 5.73 Å². The molecule has 2 atom stereocenters. The summed E-state index contributed by atoms with van der Waals surface area (Å²) in [6, 6.07) is 0. The van der Waals surface area contributed by atoms with Crippen LogP contribution in [0.3, 0.4) is 0 Å². The SMILES string of the molecule is C\C(C=O)=C/C=C/C=C(C)/C=C/C=C(\C)C=C=C1C(C)(C)CC(O)C[C@@]1(C)O. The van der Waals surface area contributed by atoms with E-state index in [1.54, 1.807) is 19.9 Å². The highest BCUT2D eigenvalue weighted by Gasteiger charge is 2.44. The Morgan fingerprint density at radius 3 is 2.11 bits per heavy atom. The molecule has 2 N–H and O–H groups in total. The van der Waals surface area contributed by atoms with E-state index in [1.807, 2.05) is 70.2 Å². The second-order valence-electron chi connectivity index (χ2n) is 8.48. The molecule has 0 amide bonds. The van der Waals surface area contributed by atoms with Crippen LogP contribution in [0.25, 0.3) is 0 Å². The molecule has 1 saturated carbocycles. The molecule has 152 valence electrons. The summed E-state index contributed by atoms with van der Waals surface area (Å²) in [5, 5.41) is 20.7. The van der Waals surface area contributed by atoms with Gasteiger partial charge in [0.05, 0.1) is 11.7 Å². The van der Waals surface area contributed by atoms with Crippen molar-refractivity contribution in [1.82, 2.24) is 0 Å². The van der Waals surface area contributed by atoms with E-state index in [4.69, 9.17) is 0 Å². The molecule has 28 heavy (non-hydrogen) atoms. The van der Waals surface area contributed by atoms with E-state index < -0.39 is 11.7 Å². The first-order chi connectivity index (χ1) is 13.0. The summed E-state index contributed by atoms with van der Waals surface area (Å²) in [5.74, 6) is 0. The first-order valence-corrected chi connectivity index (χ1v) is 9.68. The predicted molar refractivity (Wildman–Crippen MR) is 117 cm³/mol. The monoisotopic (exact) mass is 382 g/mol. The second-order valence-corrected chi connectivity index (χ2v) is 8.48. The third kappa shape index (κ3) is 7.82. The lowest BCUT2D eigenvalue weighted by atomic mass is 9.65. The highest BCUT2D eigenvalue weighted by Crippen LogP contribution is 2.45. The van der Waals surface area contributed by atoms with Crippen LogP contribution in [0.5, 0.6) is 0 Å². The summed E-state index contributed by atoms with van der Waals surface area (Å²) in [5.41, 5.74) is 5.58. The van der Waals surface area contributed by atoms with Crippen molar-refractivity contribution in [3.63, 3.8) is 0 Å². The van der Waals surface area contributed by atoms with Crippen molar-refractivity contribution < 1.29 is 15.0 Å². The topological polar surface area (TPSA) is 57.5 Å². The van der Waals surface area contributed by atoms with Gasteiger partial charge in [-0.25, -0.2) is 0 Å². The zero-order valence-electron chi connectivity index (χ0n) is 18.0. The second kappa shape index (κ2) is 10.4. The average molecular weight is 383 g/mol. The van der Waals surface area contributed by atoms with Gasteiger partial charge in [-0.1, -0.05) is 62.0 Å². The number of allylic oxidation sites excluding steroid dienone is 10. The first kappa shape index (κ1) is 23.8. The number of aliphatic hydroxyl groups excluding tert-OH is 1. The quantitative estimate of drug-likeness (QED) is 0.289. The molecule has 1 fully saturated rings. The summed E-state index contributed by atoms with van der Waals surface area (Å²) in [4.78, 5) is 10.5. The van der Waals surface area contributed by atoms with Gasteiger partial charge in [0, 0.05) is 12.0 Å². The molecule has 3 heteroatoms. The van der Waals surface area contributed by atoms with Crippen molar-refractivity contribution in [3.05, 3.63) is 76.6 Å². The molecule has 0 aromatic carbocycles. The van der Waals surface area contributed by atoms with E-state index in [0.29, 0.717) is 18.4 Å². The molecular formula is C25H34O3. The fourth-order valence-electron chi connectivity index (χ4n) is 3.50. The Labute approximate surface area is 169 Å². The van der Waals surface area contributed by atoms with Gasteiger partial charge in [0.2, 0.25) is 0 Å². The molecule has 0 heterocycles. The Morgan fingerprint density at radius 1 is 0.964 bits per heavy atom. The van der Waals surface area contributed by atoms with Gasteiger partial charge >= 0.3 is 0 Å². The Balaban J connectivity index is 2.89. The lowest BCUT2D eigenvalue weighted by molar-refractivity contribution is -0.104. The Bertz CT molecular complexity index is 757. The Hall–Kier alpha value is -2.19. The third-order valence-electron chi connectivity index (χ3n) is 4.77. The maximum absolute atomic E-state index is 10.7. The summed E-state index contributed by atoms with van der Waals surface area (Å²) in [6.07, 6.45) is 16.6. The maximum Gasteiger partial charge on any atom is 0.145 e. The van der Waals surface area contributed by atoms with Crippen LogP contribution in [0.1, 0.15) is 54.4 Å². The zero-order valence-corrected chi connectivity index (χ0v) is 18.0. The van der Waals surface area contributed by atoms with Crippen LogP contribution < -0.4 is 0 Å². The van der Waals surface area contributed by atoms with E-state index in [-0.39, 0.29) is 5.41 Å². The van der Waals surface area contributed by atoms with Crippen molar-refractivity contribution in [2.45, 2.75) is 66.1 Å². The van der Waals surface area contributed by atoms with Crippen molar-refractivity contribution in [3.8, 4) is 0 Å². The molecule has 1 rings (SSSR count). The standard InChI is InChI=1S/C25H34O3/c1-19(10-7-8-11-21(3)18-26)12-9-13-20(2)14-15-23-24(4,5)16-22(27)17-25(23,6)28/h7-14,18,22,27-28H,16-17H2,1-6H3/b8-7+,12-9+,19-10+,20-13+,21-11+/t15?,22?,25-/m1/s1. The third-order valence-corrected chi connectivity index (χ3v) is 4.77. The zero-order chi connectivity index (χ0) is 21.4. The normalized spacial score (nSPS) is 26.6. The number of rotatable bonds is 6. The molecule has 0 bridgehead atoms. The maximum atomic E-state index is 10.7. The van der Waals surface area contributed by atoms with Gasteiger partial charge in [-0.2, -0.15) is 0 Å². The summed E-state index contributed by atoms with van der Waals surface area (Å²) >= 11 is 0. The molecule has 0 spiro atoms. The number of aliphatic hydroxyl groups is 2. The van der Waals surface area contributed by atoms with Gasteiger partial charge in [-0.05, 0) is 56.8 Å². The lowest BCUT2D eigenvalue weighted by Gasteiger charge is -2.43. The summed E-state index contributed by atoms with van der Waals surface area (Å²) in [6.45, 7) is 11.6. The van der Waals surface area contributed by atoms with Crippen LogP contribution in [0.2, 0.25) is 0 Å². The van der Waals surface area contributed by atoms with Crippen LogP contribution in [-0.2, 0) is 4.79 Å². The van der Waals surface area contributed by atoms with Gasteiger partial charge in [0.15, 0.2) is 0 Å². The molecular weight excluding hydrogens is 348 g/mol. The summed E-state index contributed by atoms with van der Waals surface area (Å²) < 4.78 is 0. The predicted octanol–water partition coefficient (Wildman–Crippen LogP) is 5.15. The lowest BCUT2D eigenvalue weighted by Crippen LogP contribution is -2.45. The van der Waals surface area contributed by atoms with Crippen LogP contribution in [-0.4, -0.2) is 28.2 Å². The molecule has 1 aliphatic rings. The van der Waals surface area contributed by atoms with Crippen LogP contribution in [0.15, 0.2) is 76.6 Å². The van der Waals surface area contributed by atoms with Crippen molar-refractivity contribution in [2.24, 2.45) is 5.41 Å². The number of hydrogen-bond donors (Lipinski definition) is 2. The van der Waals surface area contributed by atoms with E-state index in [9.17, 15) is 15.0 Å². The van der Waals surface area contributed by atoms with E-state index in [1.165, 1.54) is 0 Å². The molecule has 3 nitrogen and oxygen atoms in total. The van der Waals surface area contributed by atoms with Crippen molar-refractivity contribution in [2.75, 3.05) is 0 Å². The number of hydrogen-bond acceptors (Lipinski definition) is 3. The Kier molecular flexibility index (Phi) is 8.84. The Morgan fingerprint density at radius 2 is 1.54 bits per heavy atom. The molecule has 0 aliphatic heterocycles. The molecule has 1 unspecified atom stereocenters. The molecule has 0 radical (unpaired) electrons. The minimum atomic E-state index is -1.05. The van der Waals surface area contributed by atoms with Crippen LogP contribution in [0.4, 0.5) is 0 Å². The smallest absolute Gasteiger partial charge is 0.145 e. The van der Waals surface area contributed by atoms with Gasteiger partial charge in [-0.3, -0.25) is 4.79 Å². The largest absolute Gasteiger partial charge is 0.393 e. The molecule has 1 aliphatic carbocycles. The minimum absolute atomic E-state index is 0.296. The van der Waals surface area contributed by atoms with Crippen molar-refractivity contribution >= 4 is 6.29 Å². The van der Waals surface area contributed by atoms with Crippen LogP contribution >= 0.6 is 0 Å². The molecule has 0 saturated heterocycles. The number of carbonyl (C=O) groups is 1. The van der Waals surface area contributed by atoms with Gasteiger partial charge in [0.1, 0.15) is 6.29 Å². The average Bonchev–Trinajstić information content (AvgIpc) is 2.55. The van der Waals surface area contributed by atoms with Crippen LogP contribution in [0, 0.1) is 5.41 Å². The molecule has 0 aromatic heterocycles. The minimum Gasteiger partial charge on any atom is -0.393 e. The first-order valence-electron chi connectivity index (χ1n) is 9.68. The van der Waals surface area contributed by atoms with Gasteiger partial charge in [0.25, 0.3) is 0 Å². The highest BCUT2D eigenvalue weighted by atomic mass is 16.3. The van der Waals surface area contributed by atoms with Gasteiger partial charge < -0.3 is 10.2 Å². The van der Waals surface area contributed by atoms with Gasteiger partial charge in [-0.15, -0.1) is 5.73 Å². The number of aldehydes is 1. The van der Waals surface area contributed by atoms with E-state index in [0.717, 1.165) is 23.0 Å². The fraction of sp³-hybridized carbons (Fsp3) is 0.440. The molecule has 0 aromatic rings. The van der Waals surface area contributed by atoms with Crippen molar-refractivity contribution in [1.29, 1.82) is 0 Å².